The van der Waals surface area contributed by atoms with Gasteiger partial charge >= 0.3 is 29.8 Å². The number of ether oxygens (including phenoxy) is 6. The molecule has 7 atom stereocenters. The second-order valence-electron chi connectivity index (χ2n) is 20.4. The van der Waals surface area contributed by atoms with Gasteiger partial charge in [0.05, 0.1) is 39.8 Å². The molecule has 13 rings (SSSR count). The molecule has 0 unspecified atom stereocenters. The number of hydrogen-bond acceptors (Lipinski definition) is 32. The van der Waals surface area contributed by atoms with Crippen molar-refractivity contribution in [2.24, 2.45) is 0 Å². The summed E-state index contributed by atoms with van der Waals surface area (Å²) in [6.45, 7) is -1.66. The Bertz CT molecular complexity index is 4390. The van der Waals surface area contributed by atoms with Crippen LogP contribution in [0.2, 0.25) is 0 Å². The van der Waals surface area contributed by atoms with E-state index < -0.39 is 284 Å². The van der Waals surface area contributed by atoms with Crippen molar-refractivity contribution < 1.29 is 160 Å². The third-order valence-electron chi connectivity index (χ3n) is 15.6. The summed E-state index contributed by atoms with van der Waals surface area (Å²) in [6.07, 6.45) is -16.2. The molecule has 0 aromatic heterocycles. The Morgan fingerprint density at radius 1 is 0.330 bits per heavy atom. The van der Waals surface area contributed by atoms with E-state index in [2.05, 4.69) is 0 Å². The van der Waals surface area contributed by atoms with Crippen LogP contribution >= 0.6 is 0 Å². The van der Waals surface area contributed by atoms with E-state index >= 15 is 19.2 Å². The molecule has 0 saturated heterocycles. The van der Waals surface area contributed by atoms with Crippen molar-refractivity contribution in [2.45, 2.75) is 49.0 Å². The highest BCUT2D eigenvalue weighted by molar-refractivity contribution is 6.17. The predicted molar refractivity (Wildman–Crippen MR) is 277 cm³/mol. The number of carbonyl (C=O) groups is 5. The maximum absolute atomic E-state index is 15.9. The molecule has 0 aliphatic carbocycles. The lowest BCUT2D eigenvalue weighted by atomic mass is 9.73. The van der Waals surface area contributed by atoms with Crippen LogP contribution < -0.4 is 4.74 Å². The number of benzene rings is 7. The zero-order valence-electron chi connectivity index (χ0n) is 43.3. The predicted octanol–water partition coefficient (Wildman–Crippen LogP) is 2.98. The molecule has 7 aromatic carbocycles. The number of carbonyl (C=O) groups excluding carboxylic acids is 5. The quantitative estimate of drug-likeness (QED) is 0.0672. The Morgan fingerprint density at radius 2 is 0.750 bits per heavy atom. The summed E-state index contributed by atoms with van der Waals surface area (Å²) >= 11 is 0. The van der Waals surface area contributed by atoms with Gasteiger partial charge in [0, 0.05) is 68.1 Å². The van der Waals surface area contributed by atoms with Crippen LogP contribution in [0, 0.1) is 0 Å². The Morgan fingerprint density at radius 3 is 1.30 bits per heavy atom. The zero-order chi connectivity index (χ0) is 63.6. The summed E-state index contributed by atoms with van der Waals surface area (Å²) < 4.78 is 35.7. The molecule has 21 N–H and O–H groups in total. The summed E-state index contributed by atoms with van der Waals surface area (Å²) in [6, 6.07) is 3.05. The molecule has 32 nitrogen and oxygen atoms in total. The summed E-state index contributed by atoms with van der Waals surface area (Å²) in [5, 5.41) is 238. The van der Waals surface area contributed by atoms with Crippen LogP contribution in [0.5, 0.6) is 121 Å². The average molecular weight is 1220 g/mol. The lowest BCUT2D eigenvalue weighted by Crippen LogP contribution is -2.56. The van der Waals surface area contributed by atoms with Gasteiger partial charge in [-0.1, -0.05) is 0 Å². The summed E-state index contributed by atoms with van der Waals surface area (Å²) in [5.74, 6) is -42.8. The molecule has 6 heterocycles. The number of hydrogen-bond donors (Lipinski definition) is 21. The summed E-state index contributed by atoms with van der Waals surface area (Å²) in [4.78, 5) is 76.2. The van der Waals surface area contributed by atoms with Gasteiger partial charge < -0.3 is 136 Å². The second-order valence-corrected chi connectivity index (χ2v) is 20.4. The minimum atomic E-state index is -3.05. The van der Waals surface area contributed by atoms with E-state index in [-0.39, 0.29) is 17.7 Å². The highest BCUT2D eigenvalue weighted by Gasteiger charge is 2.58. The molecule has 0 saturated carbocycles. The molecule has 0 fully saturated rings. The number of rotatable bonds is 2. The zero-order valence-corrected chi connectivity index (χ0v) is 43.3. The first-order valence-corrected chi connectivity index (χ1v) is 25.1. The van der Waals surface area contributed by atoms with Crippen molar-refractivity contribution in [2.75, 3.05) is 6.61 Å². The Balaban J connectivity index is 1.24. The van der Waals surface area contributed by atoms with Crippen molar-refractivity contribution in [3.63, 3.8) is 0 Å². The van der Waals surface area contributed by atoms with E-state index in [0.717, 1.165) is 12.1 Å². The highest BCUT2D eigenvalue weighted by Crippen LogP contribution is 2.65. The molecular formula is C56H38O32. The van der Waals surface area contributed by atoms with Crippen LogP contribution in [0.15, 0.2) is 36.4 Å². The normalized spacial score (nSPS) is 20.8. The fraction of sp³-hybridized carbons (Fsp3) is 0.161. The topological polar surface area (TPSA) is 566 Å². The van der Waals surface area contributed by atoms with Crippen LogP contribution in [0.3, 0.4) is 0 Å². The van der Waals surface area contributed by atoms with Crippen molar-refractivity contribution in [3.05, 3.63) is 86.5 Å². The van der Waals surface area contributed by atoms with E-state index in [1.165, 1.54) is 0 Å². The number of aliphatic hydroxyl groups is 1. The van der Waals surface area contributed by atoms with Crippen LogP contribution in [0.1, 0.15) is 86.1 Å². The number of aliphatic hydroxyl groups excluding tert-OH is 1. The van der Waals surface area contributed by atoms with Gasteiger partial charge in [-0.3, -0.25) is 0 Å². The molecule has 7 aromatic rings. The summed E-state index contributed by atoms with van der Waals surface area (Å²) in [7, 11) is 0. The van der Waals surface area contributed by atoms with Gasteiger partial charge in [0.15, 0.2) is 105 Å². The van der Waals surface area contributed by atoms with Crippen molar-refractivity contribution in [3.8, 4) is 154 Å². The summed E-state index contributed by atoms with van der Waals surface area (Å²) in [5.41, 5.74) is -18.0. The average Bonchev–Trinajstić information content (AvgIpc) is 0.868. The fourth-order valence-corrected chi connectivity index (χ4v) is 11.6. The van der Waals surface area contributed by atoms with Gasteiger partial charge in [-0.05, 0) is 30.3 Å². The molecular weight excluding hydrogens is 1180 g/mol. The highest BCUT2D eigenvalue weighted by atomic mass is 16.6. The number of phenolic OH excluding ortho intramolecular Hbond substituents is 20. The van der Waals surface area contributed by atoms with Gasteiger partial charge in [-0.25, -0.2) is 24.0 Å². The van der Waals surface area contributed by atoms with Crippen molar-refractivity contribution in [1.29, 1.82) is 0 Å². The lowest BCUT2D eigenvalue weighted by Gasteiger charge is -2.43. The van der Waals surface area contributed by atoms with Crippen LogP contribution in [-0.4, -0.2) is 174 Å². The minimum Gasteiger partial charge on any atom is -0.507 e. The van der Waals surface area contributed by atoms with Gasteiger partial charge in [0.2, 0.25) is 28.7 Å². The molecule has 454 valence electrons. The number of cyclic esters (lactones) is 1. The first kappa shape index (κ1) is 56.1. The molecule has 6 aliphatic rings. The van der Waals surface area contributed by atoms with Gasteiger partial charge in [0.1, 0.15) is 23.9 Å². The maximum Gasteiger partial charge on any atom is 0.340 e. The number of fused-ring (bicyclic) bond motifs is 8. The van der Waals surface area contributed by atoms with E-state index in [4.69, 9.17) is 28.4 Å². The Labute approximate surface area is 484 Å². The Kier molecular flexibility index (Phi) is 12.2. The van der Waals surface area contributed by atoms with Crippen LogP contribution in [-0.2, 0) is 30.1 Å². The molecule has 0 amide bonds. The van der Waals surface area contributed by atoms with E-state index in [1.54, 1.807) is 0 Å². The first-order chi connectivity index (χ1) is 41.5. The Hall–Kier alpha value is -12.4. The fourth-order valence-electron chi connectivity index (χ4n) is 11.6. The third-order valence-corrected chi connectivity index (χ3v) is 15.6. The number of phenols is 20. The monoisotopic (exact) mass is 1220 g/mol. The van der Waals surface area contributed by atoms with E-state index in [1.807, 2.05) is 0 Å². The number of aromatic hydroxyl groups is 20. The van der Waals surface area contributed by atoms with Crippen LogP contribution in [0.25, 0.3) is 33.4 Å². The molecule has 6 aliphatic heterocycles. The SMILES string of the molecule is O=C1OC[C@H]2OC(=O)c3cc(O)c(O)c(O)c3-c3c(O)c(O)c(O)c4c3C(=O)O[C@H]([C@@H]3OC(=O)c5c-4c(O)c(O)c(O)c5[C@@H]3c3c(O)cc(O)c4c3O[C@H](c3cc(O)c(O)c(O)c3)[C@@H](O)C4)[C@H]2OC(=O)c2cc(O)c(O)c(O)c2-c2c1cc(O)c(O)c2O. The van der Waals surface area contributed by atoms with Gasteiger partial charge in [0.25, 0.3) is 0 Å². The molecule has 0 spiro atoms. The lowest BCUT2D eigenvalue weighted by molar-refractivity contribution is -0.135. The minimum absolute atomic E-state index is 0.276. The molecule has 0 radical (unpaired) electrons. The smallest absolute Gasteiger partial charge is 0.340 e. The van der Waals surface area contributed by atoms with Crippen molar-refractivity contribution in [1.82, 2.24) is 0 Å². The third kappa shape index (κ3) is 7.70. The first-order valence-electron chi connectivity index (χ1n) is 25.1. The van der Waals surface area contributed by atoms with Gasteiger partial charge in [-0.2, -0.15) is 0 Å². The standard InChI is InChI=1S/C56H38O32/c57-14-7-15(58)26(48-10(14)3-21(64)47(85-48)9-1-16(59)34(65)17(60)2-9)31-30-33-29(43(74)46(77)44(30)75)28-32-27(41(72)45(76)42(28)73)25-13(6-20(63)37(68)40(25)71)53(79)84-22-8-83-52(78)11-4-18(61)35(66)38(69)23(11)24-12(5-19(62)36(67)39(24)70)54(80)86-49(22)51(88-56(32)82)50(31)87-55(33)81/h1-2,4-7,21-22,31,47,49-51,57-77H,3,8H2/t21-,22+,31-,47+,49-,50+,51-/m0/s1. The second kappa shape index (κ2) is 19.1. The maximum atomic E-state index is 15.9. The van der Waals surface area contributed by atoms with Crippen LogP contribution in [0.4, 0.5) is 0 Å². The molecule has 6 bridgehead atoms. The van der Waals surface area contributed by atoms with E-state index in [0.29, 0.717) is 12.1 Å². The van der Waals surface area contributed by atoms with E-state index in [9.17, 15) is 112 Å². The van der Waals surface area contributed by atoms with Crippen molar-refractivity contribution >= 4 is 29.8 Å². The molecule has 32 heteroatoms. The number of esters is 5. The largest absolute Gasteiger partial charge is 0.507 e. The molecule has 88 heavy (non-hydrogen) atoms. The van der Waals surface area contributed by atoms with Gasteiger partial charge in [-0.15, -0.1) is 0 Å².